The maximum Gasteiger partial charge on any atom is 0.413 e. The summed E-state index contributed by atoms with van der Waals surface area (Å²) in [6, 6.07) is 0. The second-order valence-corrected chi connectivity index (χ2v) is 5.41. The van der Waals surface area contributed by atoms with Crippen molar-refractivity contribution in [1.82, 2.24) is 0 Å². The molecule has 122 valence electrons. The largest absolute Gasteiger partial charge is 0.413 e. The molecule has 0 spiro atoms. The van der Waals surface area contributed by atoms with Crippen molar-refractivity contribution in [2.24, 2.45) is 4.99 Å². The Hall–Kier alpha value is -2.43. The van der Waals surface area contributed by atoms with Crippen LogP contribution >= 0.6 is 0 Å². The molecule has 2 nitrogen and oxygen atoms in total. The second-order valence-electron chi connectivity index (χ2n) is 5.41. The monoisotopic (exact) mass is 321 g/mol. The summed E-state index contributed by atoms with van der Waals surface area (Å²) in [5, 5.41) is 0. The van der Waals surface area contributed by atoms with Crippen LogP contribution < -0.4 is 0 Å². The Morgan fingerprint density at radius 1 is 1.26 bits per heavy atom. The van der Waals surface area contributed by atoms with E-state index in [0.29, 0.717) is 5.57 Å². The molecule has 1 aliphatic rings. The fraction of sp³-hybridized carbons (Fsp3) is 0.222. The summed E-state index contributed by atoms with van der Waals surface area (Å²) < 4.78 is 38.7. The van der Waals surface area contributed by atoms with Crippen molar-refractivity contribution in [1.29, 1.82) is 0 Å². The summed E-state index contributed by atoms with van der Waals surface area (Å²) in [6.45, 7) is 14.1. The Morgan fingerprint density at radius 3 is 2.35 bits per heavy atom. The lowest BCUT2D eigenvalue weighted by atomic mass is 9.91. The number of nitrogens with zero attached hydrogens (tertiary/aromatic N) is 1. The zero-order chi connectivity index (χ0) is 17.8. The molecule has 0 atom stereocenters. The number of hydrogen-bond acceptors (Lipinski definition) is 1. The van der Waals surface area contributed by atoms with Gasteiger partial charge in [0.25, 0.3) is 5.91 Å². The predicted molar refractivity (Wildman–Crippen MR) is 87.2 cm³/mol. The van der Waals surface area contributed by atoms with Crippen LogP contribution in [-0.4, -0.2) is 18.8 Å². The van der Waals surface area contributed by atoms with Gasteiger partial charge in [-0.2, -0.15) is 13.2 Å². The summed E-state index contributed by atoms with van der Waals surface area (Å²) >= 11 is 0. The highest BCUT2D eigenvalue weighted by molar-refractivity contribution is 5.99. The molecule has 0 unspecified atom stereocenters. The van der Waals surface area contributed by atoms with Crippen LogP contribution in [-0.2, 0) is 4.79 Å². The summed E-state index contributed by atoms with van der Waals surface area (Å²) in [4.78, 5) is 15.1. The van der Waals surface area contributed by atoms with Crippen LogP contribution in [0.5, 0.6) is 0 Å². The molecule has 0 heterocycles. The van der Waals surface area contributed by atoms with Crippen molar-refractivity contribution in [3.8, 4) is 0 Å². The average molecular weight is 321 g/mol. The van der Waals surface area contributed by atoms with E-state index in [1.165, 1.54) is 12.2 Å². The third kappa shape index (κ3) is 5.36. The molecule has 0 N–H and O–H groups in total. The molecular formula is C18H18F3NO. The minimum absolute atomic E-state index is 0.212. The SMILES string of the molecule is C=NC(=O)C(C=C(C)C)=CC(=C)C1=CC(=C)CC(C(F)(F)F)=C1. The minimum atomic E-state index is -4.42. The Kier molecular flexibility index (Phi) is 5.85. The van der Waals surface area contributed by atoms with Crippen molar-refractivity contribution in [3.63, 3.8) is 0 Å². The summed E-state index contributed by atoms with van der Waals surface area (Å²) in [5.74, 6) is -0.567. The highest BCUT2D eigenvalue weighted by Crippen LogP contribution is 2.36. The molecule has 1 rings (SSSR count). The quantitative estimate of drug-likeness (QED) is 0.405. The summed E-state index contributed by atoms with van der Waals surface area (Å²) in [5.41, 5.74) is 1.24. The van der Waals surface area contributed by atoms with E-state index < -0.39 is 17.7 Å². The lowest BCUT2D eigenvalue weighted by Gasteiger charge is -2.18. The molecule has 0 saturated carbocycles. The standard InChI is InChI=1S/C18H18F3NO/c1-11(2)6-15(17(23)22-5)9-13(4)14-7-12(3)8-16(10-14)18(19,20)21/h6-7,9-10H,3-5,8H2,1-2H3. The average Bonchev–Trinajstić information content (AvgIpc) is 2.43. The van der Waals surface area contributed by atoms with Crippen LogP contribution in [0.2, 0.25) is 0 Å². The molecule has 1 aliphatic carbocycles. The van der Waals surface area contributed by atoms with E-state index in [1.807, 2.05) is 0 Å². The smallest absolute Gasteiger partial charge is 0.267 e. The van der Waals surface area contributed by atoms with Gasteiger partial charge in [0.2, 0.25) is 0 Å². The molecule has 1 amide bonds. The van der Waals surface area contributed by atoms with Crippen molar-refractivity contribution >= 4 is 12.6 Å². The van der Waals surface area contributed by atoms with Gasteiger partial charge in [0, 0.05) is 17.6 Å². The predicted octanol–water partition coefficient (Wildman–Crippen LogP) is 5.04. The normalized spacial score (nSPS) is 15.5. The third-order valence-electron chi connectivity index (χ3n) is 3.01. The maximum absolute atomic E-state index is 12.9. The molecule has 23 heavy (non-hydrogen) atoms. The van der Waals surface area contributed by atoms with Gasteiger partial charge < -0.3 is 0 Å². The topological polar surface area (TPSA) is 29.4 Å². The highest BCUT2D eigenvalue weighted by Gasteiger charge is 2.34. The van der Waals surface area contributed by atoms with Gasteiger partial charge in [0.1, 0.15) is 0 Å². The lowest BCUT2D eigenvalue weighted by molar-refractivity contribution is -0.114. The number of carbonyl (C=O) groups excluding carboxylic acids is 1. The van der Waals surface area contributed by atoms with E-state index in [4.69, 9.17) is 0 Å². The first-order chi connectivity index (χ1) is 10.5. The van der Waals surface area contributed by atoms with Gasteiger partial charge in [0.05, 0.1) is 0 Å². The van der Waals surface area contributed by atoms with Gasteiger partial charge in [-0.1, -0.05) is 36.5 Å². The molecule has 0 saturated heterocycles. The van der Waals surface area contributed by atoms with Gasteiger partial charge >= 0.3 is 6.18 Å². The van der Waals surface area contributed by atoms with E-state index >= 15 is 0 Å². The summed E-state index contributed by atoms with van der Waals surface area (Å²) in [6.07, 6.45) is 0.860. The first-order valence-electron chi connectivity index (χ1n) is 6.78. The van der Waals surface area contributed by atoms with Gasteiger partial charge in [-0.25, -0.2) is 4.99 Å². The Labute approximate surface area is 133 Å². The minimum Gasteiger partial charge on any atom is -0.267 e. The molecule has 0 aromatic carbocycles. The number of alkyl halides is 3. The number of aliphatic imine (C=N–C) groups is 1. The third-order valence-corrected chi connectivity index (χ3v) is 3.01. The van der Waals surface area contributed by atoms with Crippen molar-refractivity contribution in [2.45, 2.75) is 26.4 Å². The number of allylic oxidation sites excluding steroid dienone is 8. The summed E-state index contributed by atoms with van der Waals surface area (Å²) in [7, 11) is 0. The van der Waals surface area contributed by atoms with Gasteiger partial charge in [0.15, 0.2) is 0 Å². The molecular weight excluding hydrogens is 303 g/mol. The van der Waals surface area contributed by atoms with E-state index in [-0.39, 0.29) is 23.1 Å². The number of hydrogen-bond donors (Lipinski definition) is 0. The van der Waals surface area contributed by atoms with Crippen LogP contribution in [0.15, 0.2) is 75.9 Å². The maximum atomic E-state index is 12.9. The lowest BCUT2D eigenvalue weighted by Crippen LogP contribution is -2.14. The van der Waals surface area contributed by atoms with Crippen LogP contribution in [0, 0.1) is 0 Å². The van der Waals surface area contributed by atoms with Crippen molar-refractivity contribution in [2.75, 3.05) is 0 Å². The van der Waals surface area contributed by atoms with Crippen LogP contribution in [0.1, 0.15) is 20.3 Å². The van der Waals surface area contributed by atoms with Crippen LogP contribution in [0.25, 0.3) is 0 Å². The fourth-order valence-electron chi connectivity index (χ4n) is 2.00. The molecule has 0 aromatic heterocycles. The zero-order valence-electron chi connectivity index (χ0n) is 13.1. The number of carbonyl (C=O) groups is 1. The molecule has 0 bridgehead atoms. The molecule has 5 heteroatoms. The second kappa shape index (κ2) is 7.22. The first-order valence-corrected chi connectivity index (χ1v) is 6.78. The first kappa shape index (κ1) is 18.6. The fourth-order valence-corrected chi connectivity index (χ4v) is 2.00. The van der Waals surface area contributed by atoms with E-state index in [0.717, 1.165) is 11.6 Å². The van der Waals surface area contributed by atoms with Crippen LogP contribution in [0.4, 0.5) is 13.2 Å². The van der Waals surface area contributed by atoms with Gasteiger partial charge in [-0.05, 0) is 43.9 Å². The highest BCUT2D eigenvalue weighted by atomic mass is 19.4. The Bertz CT molecular complexity index is 682. The Morgan fingerprint density at radius 2 is 1.87 bits per heavy atom. The van der Waals surface area contributed by atoms with E-state index in [1.54, 1.807) is 19.9 Å². The number of amides is 1. The zero-order valence-corrected chi connectivity index (χ0v) is 13.1. The number of rotatable bonds is 4. The molecule has 0 aliphatic heterocycles. The van der Waals surface area contributed by atoms with Gasteiger partial charge in [-0.3, -0.25) is 4.79 Å². The number of halogens is 3. The molecule has 0 radical (unpaired) electrons. The van der Waals surface area contributed by atoms with Crippen molar-refractivity contribution < 1.29 is 18.0 Å². The van der Waals surface area contributed by atoms with Gasteiger partial charge in [-0.15, -0.1) is 0 Å². The molecule has 0 aromatic rings. The Balaban J connectivity index is 3.26. The van der Waals surface area contributed by atoms with Crippen LogP contribution in [0.3, 0.4) is 0 Å². The van der Waals surface area contributed by atoms with E-state index in [9.17, 15) is 18.0 Å². The van der Waals surface area contributed by atoms with E-state index in [2.05, 4.69) is 24.9 Å². The molecule has 0 fully saturated rings. The van der Waals surface area contributed by atoms with Crippen molar-refractivity contribution in [3.05, 3.63) is 70.9 Å².